The first-order valence-corrected chi connectivity index (χ1v) is 6.69. The Morgan fingerprint density at radius 3 is 2.00 bits per heavy atom. The van der Waals surface area contributed by atoms with Crippen LogP contribution in [-0.4, -0.2) is 36.5 Å². The van der Waals surface area contributed by atoms with Crippen molar-refractivity contribution >= 4 is 11.9 Å². The van der Waals surface area contributed by atoms with Crippen molar-refractivity contribution in [2.75, 3.05) is 19.7 Å². The van der Waals surface area contributed by atoms with Crippen LogP contribution < -0.4 is 0 Å². The van der Waals surface area contributed by atoms with E-state index >= 15 is 0 Å². The number of allylic oxidation sites excluding steroid dienone is 1. The molecule has 0 N–H and O–H groups in total. The van der Waals surface area contributed by atoms with E-state index in [1.54, 1.807) is 11.8 Å². The van der Waals surface area contributed by atoms with Gasteiger partial charge in [0.2, 0.25) is 5.91 Å². The Labute approximate surface area is 116 Å². The molecule has 0 unspecified atom stereocenters. The summed E-state index contributed by atoms with van der Waals surface area (Å²) in [4.78, 5) is 25.6. The number of rotatable bonds is 7. The fourth-order valence-electron chi connectivity index (χ4n) is 1.69. The van der Waals surface area contributed by atoms with Crippen LogP contribution in [-0.2, 0) is 14.3 Å². The van der Waals surface area contributed by atoms with E-state index in [9.17, 15) is 9.59 Å². The molecule has 0 saturated heterocycles. The number of amides is 1. The molecule has 0 aliphatic carbocycles. The van der Waals surface area contributed by atoms with E-state index in [0.717, 1.165) is 5.57 Å². The van der Waals surface area contributed by atoms with Crippen LogP contribution >= 0.6 is 0 Å². The van der Waals surface area contributed by atoms with Gasteiger partial charge in [-0.25, -0.2) is 4.79 Å². The highest BCUT2D eigenvalue weighted by Gasteiger charge is 2.20. The van der Waals surface area contributed by atoms with Gasteiger partial charge >= 0.3 is 5.97 Å². The zero-order chi connectivity index (χ0) is 15.0. The fraction of sp³-hybridized carbons (Fsp3) is 0.600. The molecule has 0 spiro atoms. The second-order valence-corrected chi connectivity index (χ2v) is 4.46. The number of nitrogens with zero attached hydrogens (tertiary/aromatic N) is 1. The molecule has 4 heteroatoms. The Hall–Kier alpha value is -1.58. The van der Waals surface area contributed by atoms with E-state index < -0.39 is 5.97 Å². The summed E-state index contributed by atoms with van der Waals surface area (Å²) in [6.45, 7) is 14.7. The zero-order valence-electron chi connectivity index (χ0n) is 12.7. The number of hydrogen-bond donors (Lipinski definition) is 0. The number of hydrogen-bond acceptors (Lipinski definition) is 3. The average Bonchev–Trinajstić information content (AvgIpc) is 2.36. The molecule has 19 heavy (non-hydrogen) atoms. The molecule has 0 aromatic carbocycles. The molecule has 0 aliphatic rings. The Morgan fingerprint density at radius 1 is 1.11 bits per heavy atom. The molecule has 0 bridgehead atoms. The van der Waals surface area contributed by atoms with E-state index in [4.69, 9.17) is 4.74 Å². The normalized spacial score (nSPS) is 9.74. The van der Waals surface area contributed by atoms with E-state index in [1.165, 1.54) is 0 Å². The topological polar surface area (TPSA) is 46.6 Å². The zero-order valence-corrected chi connectivity index (χ0v) is 12.7. The van der Waals surface area contributed by atoms with Gasteiger partial charge in [0.1, 0.15) is 0 Å². The van der Waals surface area contributed by atoms with Crippen molar-refractivity contribution in [1.29, 1.82) is 0 Å². The van der Waals surface area contributed by atoms with Crippen molar-refractivity contribution in [2.45, 2.75) is 41.0 Å². The summed E-state index contributed by atoms with van der Waals surface area (Å²) in [7, 11) is 0. The third kappa shape index (κ3) is 5.28. The number of likely N-dealkylation sites (N-methyl/N-ethyl adjacent to an activating group) is 1. The Balaban J connectivity index is 4.98. The first kappa shape index (κ1) is 17.4. The number of ether oxygens (including phenoxy) is 1. The monoisotopic (exact) mass is 267 g/mol. The van der Waals surface area contributed by atoms with E-state index in [0.29, 0.717) is 30.8 Å². The molecule has 0 fully saturated rings. The van der Waals surface area contributed by atoms with Crippen LogP contribution in [0, 0.1) is 0 Å². The van der Waals surface area contributed by atoms with E-state index in [2.05, 4.69) is 6.58 Å². The quantitative estimate of drug-likeness (QED) is 0.526. The summed E-state index contributed by atoms with van der Waals surface area (Å²) in [5, 5.41) is 0. The van der Waals surface area contributed by atoms with Crippen LogP contribution in [0.25, 0.3) is 0 Å². The molecule has 0 saturated carbocycles. The highest BCUT2D eigenvalue weighted by atomic mass is 16.5. The molecule has 0 atom stereocenters. The van der Waals surface area contributed by atoms with Gasteiger partial charge in [-0.15, -0.1) is 0 Å². The lowest BCUT2D eigenvalue weighted by Gasteiger charge is -2.21. The summed E-state index contributed by atoms with van der Waals surface area (Å²) >= 11 is 0. The molecule has 108 valence electrons. The minimum Gasteiger partial charge on any atom is -0.463 e. The largest absolute Gasteiger partial charge is 0.463 e. The summed E-state index contributed by atoms with van der Waals surface area (Å²) in [5.41, 5.74) is 1.85. The predicted octanol–water partition coefficient (Wildman–Crippen LogP) is 2.70. The minimum absolute atomic E-state index is 0.0320. The van der Waals surface area contributed by atoms with Gasteiger partial charge in [-0.05, 0) is 34.6 Å². The summed E-state index contributed by atoms with van der Waals surface area (Å²) in [6, 6.07) is 0. The maximum atomic E-state index is 12.3. The minimum atomic E-state index is -0.436. The van der Waals surface area contributed by atoms with Crippen molar-refractivity contribution in [1.82, 2.24) is 4.90 Å². The molecule has 1 amide bonds. The summed E-state index contributed by atoms with van der Waals surface area (Å²) in [5.74, 6) is -0.468. The molecule has 0 radical (unpaired) electrons. The van der Waals surface area contributed by atoms with Gasteiger partial charge in [-0.1, -0.05) is 12.2 Å². The second-order valence-electron chi connectivity index (χ2n) is 4.46. The summed E-state index contributed by atoms with van der Waals surface area (Å²) in [6.07, 6.45) is 0.247. The molecule has 0 heterocycles. The number of carbonyl (C=O) groups excluding carboxylic acids is 2. The van der Waals surface area contributed by atoms with Crippen LogP contribution in [0.4, 0.5) is 0 Å². The van der Waals surface area contributed by atoms with Crippen molar-refractivity contribution < 1.29 is 14.3 Å². The van der Waals surface area contributed by atoms with Crippen molar-refractivity contribution in [3.05, 3.63) is 23.3 Å². The maximum Gasteiger partial charge on any atom is 0.333 e. The highest BCUT2D eigenvalue weighted by molar-refractivity contribution is 5.97. The van der Waals surface area contributed by atoms with Crippen LogP contribution in [0.2, 0.25) is 0 Å². The Bertz CT molecular complexity index is 375. The van der Waals surface area contributed by atoms with Gasteiger partial charge in [-0.3, -0.25) is 4.79 Å². The number of carbonyl (C=O) groups is 2. The van der Waals surface area contributed by atoms with E-state index in [1.807, 2.05) is 27.7 Å². The van der Waals surface area contributed by atoms with Crippen LogP contribution in [0.3, 0.4) is 0 Å². The lowest BCUT2D eigenvalue weighted by molar-refractivity contribution is -0.138. The summed E-state index contributed by atoms with van der Waals surface area (Å²) < 4.78 is 4.89. The molecule has 4 nitrogen and oxygen atoms in total. The Morgan fingerprint density at radius 2 is 1.63 bits per heavy atom. The average molecular weight is 267 g/mol. The second kappa shape index (κ2) is 8.51. The number of esters is 1. The van der Waals surface area contributed by atoms with Gasteiger partial charge < -0.3 is 9.64 Å². The lowest BCUT2D eigenvalue weighted by Crippen LogP contribution is -2.32. The molecule has 0 rings (SSSR count). The third-order valence-electron chi connectivity index (χ3n) is 2.87. The van der Waals surface area contributed by atoms with E-state index in [-0.39, 0.29) is 12.3 Å². The standard InChI is InChI=1S/C15H25NO3/c1-7-16(8-2)14(17)13(11(4)5)10-12(6)15(18)19-9-3/h6-10H2,1-5H3. The molecule has 0 aliphatic heterocycles. The molecular formula is C15H25NO3. The lowest BCUT2D eigenvalue weighted by atomic mass is 10.0. The predicted molar refractivity (Wildman–Crippen MR) is 76.7 cm³/mol. The van der Waals surface area contributed by atoms with Gasteiger partial charge in [0.25, 0.3) is 0 Å². The third-order valence-corrected chi connectivity index (χ3v) is 2.87. The van der Waals surface area contributed by atoms with Crippen LogP contribution in [0.5, 0.6) is 0 Å². The van der Waals surface area contributed by atoms with Crippen molar-refractivity contribution in [2.24, 2.45) is 0 Å². The maximum absolute atomic E-state index is 12.3. The first-order valence-electron chi connectivity index (χ1n) is 6.69. The van der Waals surface area contributed by atoms with Crippen molar-refractivity contribution in [3.8, 4) is 0 Å². The highest BCUT2D eigenvalue weighted by Crippen LogP contribution is 2.18. The van der Waals surface area contributed by atoms with Crippen LogP contribution in [0.15, 0.2) is 23.3 Å². The molecular weight excluding hydrogens is 242 g/mol. The molecule has 0 aromatic rings. The van der Waals surface area contributed by atoms with Crippen LogP contribution in [0.1, 0.15) is 41.0 Å². The fourth-order valence-corrected chi connectivity index (χ4v) is 1.69. The van der Waals surface area contributed by atoms with Crippen molar-refractivity contribution in [3.63, 3.8) is 0 Å². The van der Waals surface area contributed by atoms with Gasteiger partial charge in [0.05, 0.1) is 6.61 Å². The first-order chi connectivity index (χ1) is 8.88. The van der Waals surface area contributed by atoms with Gasteiger partial charge in [0, 0.05) is 30.7 Å². The SMILES string of the molecule is C=C(CC(C(=O)N(CC)CC)=C(C)C)C(=O)OCC. The molecule has 0 aromatic heterocycles. The Kier molecular flexibility index (Phi) is 7.80. The van der Waals surface area contributed by atoms with Gasteiger partial charge in [-0.2, -0.15) is 0 Å². The van der Waals surface area contributed by atoms with Gasteiger partial charge in [0.15, 0.2) is 0 Å². The smallest absolute Gasteiger partial charge is 0.333 e.